The summed E-state index contributed by atoms with van der Waals surface area (Å²) in [6.07, 6.45) is 5.53. The Morgan fingerprint density at radius 3 is 2.21 bits per heavy atom. The molecule has 8 heteroatoms. The first-order valence-corrected chi connectivity index (χ1v) is 9.33. The van der Waals surface area contributed by atoms with Gasteiger partial charge in [-0.15, -0.1) is 0 Å². The van der Waals surface area contributed by atoms with Crippen molar-refractivity contribution in [1.29, 1.82) is 0 Å². The van der Waals surface area contributed by atoms with E-state index >= 15 is 0 Å². The molecule has 0 bridgehead atoms. The van der Waals surface area contributed by atoms with Gasteiger partial charge >= 0.3 is 0 Å². The average Bonchev–Trinajstić information content (AvgIpc) is 3.28. The van der Waals surface area contributed by atoms with E-state index in [0.717, 1.165) is 28.9 Å². The summed E-state index contributed by atoms with van der Waals surface area (Å²) in [5.74, 6) is 0.294. The number of carboxylic acid groups (broad SMARTS) is 2. The molecule has 0 saturated carbocycles. The van der Waals surface area contributed by atoms with Crippen molar-refractivity contribution in [3.05, 3.63) is 30.0 Å². The average molecular weight is 398 g/mol. The molecule has 2 atom stereocenters. The van der Waals surface area contributed by atoms with E-state index in [0.29, 0.717) is 5.75 Å². The van der Waals surface area contributed by atoms with Crippen LogP contribution in [0, 0.1) is 0 Å². The second-order valence-electron chi connectivity index (χ2n) is 5.93. The number of aromatic amines is 1. The van der Waals surface area contributed by atoms with Gasteiger partial charge < -0.3 is 31.4 Å². The highest BCUT2D eigenvalue weighted by molar-refractivity contribution is 5.84. The lowest BCUT2D eigenvalue weighted by atomic mass is 10.1. The Morgan fingerprint density at radius 2 is 1.82 bits per heavy atom. The molecule has 3 rings (SSSR count). The van der Waals surface area contributed by atoms with Crippen molar-refractivity contribution in [2.45, 2.75) is 59.0 Å². The molecule has 1 aromatic carbocycles. The quantitative estimate of drug-likeness (QED) is 0.427. The van der Waals surface area contributed by atoms with E-state index < -0.39 is 0 Å². The van der Waals surface area contributed by atoms with E-state index in [1.807, 2.05) is 33.0 Å². The highest BCUT2D eigenvalue weighted by Gasteiger charge is 2.06. The van der Waals surface area contributed by atoms with Crippen molar-refractivity contribution >= 4 is 23.8 Å². The second kappa shape index (κ2) is 17.8. The Morgan fingerprint density at radius 1 is 1.25 bits per heavy atom. The van der Waals surface area contributed by atoms with Gasteiger partial charge in [-0.05, 0) is 63.4 Å². The number of benzene rings is 1. The molecule has 28 heavy (non-hydrogen) atoms. The number of hydrogen-bond donors (Lipinski definition) is 6. The fourth-order valence-corrected chi connectivity index (χ4v) is 2.54. The fourth-order valence-electron chi connectivity index (χ4n) is 2.54. The molecule has 1 fully saturated rings. The predicted molar refractivity (Wildman–Crippen MR) is 113 cm³/mol. The summed E-state index contributed by atoms with van der Waals surface area (Å²) in [6.45, 7) is 8.94. The standard InChI is InChI=1S/C11H14N2O.C5H11N.C2H6.2CH2O2/c1-7(12)4-8-6-13-11-3-2-9(14)5-10(8)11;1-5-3-2-4-6-5;1-2;2*2-1-3/h2-3,5-7,13-14H,4,12H2,1H3;5-6H,2-4H2,1H3;1-2H3;2*1H,(H,2,3)/t7-;;;;/m1..../s1. The van der Waals surface area contributed by atoms with Gasteiger partial charge in [0.1, 0.15) is 5.75 Å². The molecule has 2 aromatic rings. The van der Waals surface area contributed by atoms with E-state index in [9.17, 15) is 5.11 Å². The van der Waals surface area contributed by atoms with E-state index in [2.05, 4.69) is 17.2 Å². The third-order valence-electron chi connectivity index (χ3n) is 3.60. The zero-order chi connectivity index (χ0) is 21.9. The van der Waals surface area contributed by atoms with Gasteiger partial charge in [-0.3, -0.25) is 9.59 Å². The Labute approximate surface area is 166 Å². The Bertz CT molecular complexity index is 632. The van der Waals surface area contributed by atoms with Crippen LogP contribution >= 0.6 is 0 Å². The SMILES string of the molecule is CC.CC1CCCN1.C[C@@H](N)Cc1c[nH]c2ccc(O)cc12.O=CO.O=CO. The van der Waals surface area contributed by atoms with Gasteiger partial charge in [-0.25, -0.2) is 0 Å². The van der Waals surface area contributed by atoms with E-state index in [1.54, 1.807) is 12.1 Å². The van der Waals surface area contributed by atoms with Crippen LogP contribution in [0.2, 0.25) is 0 Å². The van der Waals surface area contributed by atoms with Gasteiger partial charge in [0, 0.05) is 29.2 Å². The molecule has 2 heterocycles. The zero-order valence-corrected chi connectivity index (χ0v) is 17.2. The van der Waals surface area contributed by atoms with Crippen LogP contribution in [0.5, 0.6) is 5.75 Å². The molecule has 1 saturated heterocycles. The molecule has 8 nitrogen and oxygen atoms in total. The fraction of sp³-hybridized carbons (Fsp3) is 0.500. The van der Waals surface area contributed by atoms with Crippen LogP contribution in [0.1, 0.15) is 46.1 Å². The zero-order valence-electron chi connectivity index (χ0n) is 17.2. The largest absolute Gasteiger partial charge is 0.508 e. The third-order valence-corrected chi connectivity index (χ3v) is 3.60. The monoisotopic (exact) mass is 397 g/mol. The summed E-state index contributed by atoms with van der Waals surface area (Å²) in [7, 11) is 0. The maximum Gasteiger partial charge on any atom is 0.290 e. The molecule has 160 valence electrons. The number of hydrogen-bond acceptors (Lipinski definition) is 5. The number of fused-ring (bicyclic) bond motifs is 1. The summed E-state index contributed by atoms with van der Waals surface area (Å²) in [4.78, 5) is 19.9. The number of rotatable bonds is 2. The lowest BCUT2D eigenvalue weighted by Crippen LogP contribution is -2.17. The number of carbonyl (C=O) groups is 2. The normalized spacial score (nSPS) is 15.1. The predicted octanol–water partition coefficient (Wildman–Crippen LogP) is 2.95. The molecule has 1 aliphatic rings. The van der Waals surface area contributed by atoms with Gasteiger partial charge in [0.2, 0.25) is 0 Å². The number of aromatic nitrogens is 1. The van der Waals surface area contributed by atoms with Crippen LogP contribution in [0.4, 0.5) is 0 Å². The highest BCUT2D eigenvalue weighted by atomic mass is 16.3. The molecule has 0 amide bonds. The van der Waals surface area contributed by atoms with Crippen molar-refractivity contribution in [3.63, 3.8) is 0 Å². The minimum absolute atomic E-state index is 0.136. The summed E-state index contributed by atoms with van der Waals surface area (Å²) in [6, 6.07) is 6.24. The molecule has 0 aliphatic carbocycles. The highest BCUT2D eigenvalue weighted by Crippen LogP contribution is 2.23. The van der Waals surface area contributed by atoms with E-state index in [1.165, 1.54) is 19.4 Å². The topological polar surface area (TPSA) is 149 Å². The Hall–Kier alpha value is -2.58. The number of nitrogens with one attached hydrogen (secondary N) is 2. The van der Waals surface area contributed by atoms with Crippen molar-refractivity contribution in [1.82, 2.24) is 10.3 Å². The Kier molecular flexibility index (Phi) is 17.6. The summed E-state index contributed by atoms with van der Waals surface area (Å²) < 4.78 is 0. The minimum atomic E-state index is -0.250. The molecular formula is C20H35N3O5. The van der Waals surface area contributed by atoms with Crippen LogP contribution < -0.4 is 11.1 Å². The second-order valence-corrected chi connectivity index (χ2v) is 5.93. The molecule has 1 unspecified atom stereocenters. The summed E-state index contributed by atoms with van der Waals surface area (Å²) >= 11 is 0. The lowest BCUT2D eigenvalue weighted by Gasteiger charge is -2.02. The molecule has 0 spiro atoms. The minimum Gasteiger partial charge on any atom is -0.508 e. The molecule has 0 radical (unpaired) electrons. The van der Waals surface area contributed by atoms with Gasteiger partial charge in [-0.2, -0.15) is 0 Å². The summed E-state index contributed by atoms with van der Waals surface area (Å²) in [5, 5.41) is 27.5. The number of phenols is 1. The number of nitrogens with two attached hydrogens (primary N) is 1. The molecule has 1 aliphatic heterocycles. The van der Waals surface area contributed by atoms with Crippen LogP contribution in [0.25, 0.3) is 10.9 Å². The number of H-pyrrole nitrogens is 1. The van der Waals surface area contributed by atoms with Gasteiger partial charge in [0.25, 0.3) is 12.9 Å². The number of aromatic hydroxyl groups is 1. The first-order valence-electron chi connectivity index (χ1n) is 9.33. The first kappa shape index (κ1) is 27.6. The van der Waals surface area contributed by atoms with Gasteiger partial charge in [0.15, 0.2) is 0 Å². The van der Waals surface area contributed by atoms with Crippen LogP contribution in [-0.4, -0.2) is 51.9 Å². The van der Waals surface area contributed by atoms with Crippen molar-refractivity contribution in [2.75, 3.05) is 6.54 Å². The maximum absolute atomic E-state index is 9.36. The molecule has 7 N–H and O–H groups in total. The third kappa shape index (κ3) is 12.7. The van der Waals surface area contributed by atoms with E-state index in [-0.39, 0.29) is 19.0 Å². The van der Waals surface area contributed by atoms with Crippen molar-refractivity contribution < 1.29 is 24.9 Å². The molecule has 1 aromatic heterocycles. The van der Waals surface area contributed by atoms with Crippen LogP contribution in [-0.2, 0) is 16.0 Å². The summed E-state index contributed by atoms with van der Waals surface area (Å²) in [5.41, 5.74) is 7.93. The van der Waals surface area contributed by atoms with Crippen molar-refractivity contribution in [3.8, 4) is 5.75 Å². The van der Waals surface area contributed by atoms with E-state index in [4.69, 9.17) is 25.5 Å². The molecular weight excluding hydrogens is 362 g/mol. The smallest absolute Gasteiger partial charge is 0.290 e. The van der Waals surface area contributed by atoms with Gasteiger partial charge in [-0.1, -0.05) is 13.8 Å². The van der Waals surface area contributed by atoms with Crippen LogP contribution in [0.15, 0.2) is 24.4 Å². The van der Waals surface area contributed by atoms with Gasteiger partial charge in [0.05, 0.1) is 0 Å². The Balaban J connectivity index is 0. The van der Waals surface area contributed by atoms with Crippen LogP contribution in [0.3, 0.4) is 0 Å². The maximum atomic E-state index is 9.36. The van der Waals surface area contributed by atoms with Crippen molar-refractivity contribution in [2.24, 2.45) is 5.73 Å². The number of phenolic OH excluding ortho intramolecular Hbond substituents is 1. The lowest BCUT2D eigenvalue weighted by molar-refractivity contribution is -0.123. The first-order chi connectivity index (χ1) is 13.4.